The molecule has 2 heterocycles. The summed E-state index contributed by atoms with van der Waals surface area (Å²) in [4.78, 5) is 12.6. The van der Waals surface area contributed by atoms with Crippen molar-refractivity contribution in [2.45, 2.75) is 25.6 Å². The Labute approximate surface area is 179 Å². The zero-order chi connectivity index (χ0) is 19.2. The Morgan fingerprint density at radius 3 is 2.52 bits per heavy atom. The van der Waals surface area contributed by atoms with Gasteiger partial charge in [-0.25, -0.2) is 4.98 Å². The molecular formula is C16H28F3IN6S. The summed E-state index contributed by atoms with van der Waals surface area (Å²) in [6.07, 6.45) is -3.95. The van der Waals surface area contributed by atoms with Crippen LogP contribution in [0.25, 0.3) is 0 Å². The highest BCUT2D eigenvalue weighted by atomic mass is 127. The van der Waals surface area contributed by atoms with Crippen molar-refractivity contribution in [3.8, 4) is 0 Å². The van der Waals surface area contributed by atoms with Gasteiger partial charge in [0.2, 0.25) is 0 Å². The highest BCUT2D eigenvalue weighted by Crippen LogP contribution is 2.29. The third-order valence-corrected chi connectivity index (χ3v) is 5.33. The van der Waals surface area contributed by atoms with Crippen molar-refractivity contribution in [3.63, 3.8) is 0 Å². The lowest BCUT2D eigenvalue weighted by molar-refractivity contribution is -0.140. The first-order valence-electron chi connectivity index (χ1n) is 8.68. The Hall–Kier alpha value is -0.660. The number of rotatable bonds is 6. The van der Waals surface area contributed by atoms with Crippen LogP contribution in [0.5, 0.6) is 0 Å². The average molecular weight is 520 g/mol. The number of nitrogens with zero attached hydrogens (tertiary/aromatic N) is 4. The van der Waals surface area contributed by atoms with Crippen molar-refractivity contribution in [1.29, 1.82) is 0 Å². The van der Waals surface area contributed by atoms with Crippen LogP contribution in [-0.2, 0) is 12.6 Å². The van der Waals surface area contributed by atoms with Crippen LogP contribution in [0, 0.1) is 0 Å². The molecule has 1 aliphatic heterocycles. The molecule has 0 spiro atoms. The Balaban J connectivity index is 0.00000364. The third kappa shape index (κ3) is 8.08. The SMILES string of the molecule is CN=C(NCCc1nc(C(F)(F)F)cs1)NCC(C)N1CCN(C)CC1.I. The first-order valence-corrected chi connectivity index (χ1v) is 9.56. The monoisotopic (exact) mass is 520 g/mol. The molecule has 0 aliphatic carbocycles. The van der Waals surface area contributed by atoms with Gasteiger partial charge in [0, 0.05) is 64.2 Å². The molecule has 0 amide bonds. The van der Waals surface area contributed by atoms with Gasteiger partial charge in [-0.15, -0.1) is 35.3 Å². The minimum Gasteiger partial charge on any atom is -0.356 e. The zero-order valence-corrected chi connectivity index (χ0v) is 19.0. The van der Waals surface area contributed by atoms with Crippen LogP contribution in [0.2, 0.25) is 0 Å². The summed E-state index contributed by atoms with van der Waals surface area (Å²) < 4.78 is 37.6. The Morgan fingerprint density at radius 2 is 1.96 bits per heavy atom. The van der Waals surface area contributed by atoms with E-state index in [1.807, 2.05) is 0 Å². The number of hydrogen-bond donors (Lipinski definition) is 2. The second-order valence-electron chi connectivity index (χ2n) is 6.44. The molecule has 0 bridgehead atoms. The van der Waals surface area contributed by atoms with Gasteiger partial charge in [0.05, 0.1) is 5.01 Å². The lowest BCUT2D eigenvalue weighted by Gasteiger charge is -2.36. The molecule has 27 heavy (non-hydrogen) atoms. The minimum absolute atomic E-state index is 0. The van der Waals surface area contributed by atoms with E-state index < -0.39 is 11.9 Å². The minimum atomic E-state index is -4.38. The van der Waals surface area contributed by atoms with E-state index in [4.69, 9.17) is 0 Å². The molecule has 1 aromatic rings. The summed E-state index contributed by atoms with van der Waals surface area (Å²) in [5.41, 5.74) is -0.819. The van der Waals surface area contributed by atoms with Crippen LogP contribution in [0.3, 0.4) is 0 Å². The molecule has 6 nitrogen and oxygen atoms in total. The van der Waals surface area contributed by atoms with E-state index >= 15 is 0 Å². The Morgan fingerprint density at radius 1 is 1.30 bits per heavy atom. The van der Waals surface area contributed by atoms with Crippen LogP contribution in [0.15, 0.2) is 10.4 Å². The standard InChI is InChI=1S/C16H27F3N6S.HI/c1-12(25-8-6-24(3)7-9-25)10-22-15(20-2)21-5-4-14-23-13(11-26-14)16(17,18)19;/h11-12H,4-10H2,1-3H3,(H2,20,21,22);1H. The van der Waals surface area contributed by atoms with Crippen molar-refractivity contribution in [2.75, 3.05) is 53.4 Å². The second kappa shape index (κ2) is 11.4. The third-order valence-electron chi connectivity index (χ3n) is 4.42. The highest BCUT2D eigenvalue weighted by molar-refractivity contribution is 14.0. The summed E-state index contributed by atoms with van der Waals surface area (Å²) in [6.45, 7) is 7.68. The summed E-state index contributed by atoms with van der Waals surface area (Å²) in [5, 5.41) is 7.93. The maximum Gasteiger partial charge on any atom is 0.434 e. The van der Waals surface area contributed by atoms with Crippen molar-refractivity contribution in [3.05, 3.63) is 16.1 Å². The van der Waals surface area contributed by atoms with Crippen LogP contribution < -0.4 is 10.6 Å². The van der Waals surface area contributed by atoms with Gasteiger partial charge in [0.15, 0.2) is 11.7 Å². The molecule has 1 atom stereocenters. The number of nitrogens with one attached hydrogen (secondary N) is 2. The van der Waals surface area contributed by atoms with Crippen molar-refractivity contribution in [1.82, 2.24) is 25.4 Å². The van der Waals surface area contributed by atoms with Gasteiger partial charge in [-0.1, -0.05) is 0 Å². The summed E-state index contributed by atoms with van der Waals surface area (Å²) in [7, 11) is 3.81. The highest BCUT2D eigenvalue weighted by Gasteiger charge is 2.33. The number of halogens is 4. The van der Waals surface area contributed by atoms with Crippen molar-refractivity contribution >= 4 is 41.3 Å². The fraction of sp³-hybridized carbons (Fsp3) is 0.750. The van der Waals surface area contributed by atoms with E-state index in [-0.39, 0.29) is 24.0 Å². The summed E-state index contributed by atoms with van der Waals surface area (Å²) in [6, 6.07) is 0.385. The van der Waals surface area contributed by atoms with Crippen LogP contribution in [-0.4, -0.2) is 80.1 Å². The number of aromatic nitrogens is 1. The van der Waals surface area contributed by atoms with Gasteiger partial charge in [-0.2, -0.15) is 13.2 Å². The summed E-state index contributed by atoms with van der Waals surface area (Å²) in [5.74, 6) is 0.651. The molecule has 0 radical (unpaired) electrons. The van der Waals surface area contributed by atoms with Gasteiger partial charge in [0.1, 0.15) is 0 Å². The predicted molar refractivity (Wildman–Crippen MR) is 114 cm³/mol. The fourth-order valence-corrected chi connectivity index (χ4v) is 3.51. The first-order chi connectivity index (χ1) is 12.3. The molecule has 11 heteroatoms. The van der Waals surface area contributed by atoms with Crippen LogP contribution >= 0.6 is 35.3 Å². The van der Waals surface area contributed by atoms with E-state index in [1.165, 1.54) is 0 Å². The maximum absolute atomic E-state index is 12.5. The maximum atomic E-state index is 12.5. The largest absolute Gasteiger partial charge is 0.434 e. The number of guanidine groups is 1. The zero-order valence-electron chi connectivity index (χ0n) is 15.8. The van der Waals surface area contributed by atoms with Gasteiger partial charge in [-0.05, 0) is 14.0 Å². The van der Waals surface area contributed by atoms with Gasteiger partial charge >= 0.3 is 6.18 Å². The average Bonchev–Trinajstić information content (AvgIpc) is 3.07. The van der Waals surface area contributed by atoms with Crippen molar-refractivity contribution < 1.29 is 13.2 Å². The second-order valence-corrected chi connectivity index (χ2v) is 7.39. The Bertz CT molecular complexity index is 587. The van der Waals surface area contributed by atoms with Gasteiger partial charge in [0.25, 0.3) is 0 Å². The first kappa shape index (κ1) is 24.4. The molecule has 0 aromatic carbocycles. The fourth-order valence-electron chi connectivity index (χ4n) is 2.70. The molecule has 1 fully saturated rings. The van der Waals surface area contributed by atoms with Crippen molar-refractivity contribution in [2.24, 2.45) is 4.99 Å². The molecule has 1 unspecified atom stereocenters. The van der Waals surface area contributed by atoms with E-state index in [0.29, 0.717) is 30.0 Å². The van der Waals surface area contributed by atoms with Gasteiger partial charge in [-0.3, -0.25) is 9.89 Å². The lowest BCUT2D eigenvalue weighted by Crippen LogP contribution is -2.52. The number of piperazine rings is 1. The molecular weight excluding hydrogens is 492 g/mol. The van der Waals surface area contributed by atoms with Gasteiger partial charge < -0.3 is 15.5 Å². The van der Waals surface area contributed by atoms with Crippen LogP contribution in [0.1, 0.15) is 17.6 Å². The van der Waals surface area contributed by atoms with E-state index in [0.717, 1.165) is 49.4 Å². The van der Waals surface area contributed by atoms with Crippen LogP contribution in [0.4, 0.5) is 13.2 Å². The normalized spacial score (nSPS) is 18.1. The molecule has 1 aliphatic rings. The molecule has 0 saturated carbocycles. The predicted octanol–water partition coefficient (Wildman–Crippen LogP) is 2.12. The number of likely N-dealkylation sites (N-methyl/N-ethyl adjacent to an activating group) is 1. The smallest absolute Gasteiger partial charge is 0.356 e. The lowest BCUT2D eigenvalue weighted by atomic mass is 10.2. The molecule has 1 aromatic heterocycles. The quantitative estimate of drug-likeness (QED) is 0.342. The number of thiazole rings is 1. The number of hydrogen-bond acceptors (Lipinski definition) is 5. The molecule has 1 saturated heterocycles. The topological polar surface area (TPSA) is 55.8 Å². The molecule has 2 rings (SSSR count). The Kier molecular flexibility index (Phi) is 10.3. The number of aliphatic imine (C=N–C) groups is 1. The number of alkyl halides is 3. The molecule has 2 N–H and O–H groups in total. The van der Waals surface area contributed by atoms with E-state index in [1.54, 1.807) is 7.05 Å². The molecule has 156 valence electrons. The van der Waals surface area contributed by atoms with E-state index in [2.05, 4.69) is 44.4 Å². The van der Waals surface area contributed by atoms with E-state index in [9.17, 15) is 13.2 Å². The summed E-state index contributed by atoms with van der Waals surface area (Å²) >= 11 is 1.03.